The van der Waals surface area contributed by atoms with Crippen molar-refractivity contribution in [3.8, 4) is 21.9 Å². The quantitative estimate of drug-likeness (QED) is 0.682. The second kappa shape index (κ2) is 6.24. The van der Waals surface area contributed by atoms with E-state index in [0.29, 0.717) is 6.29 Å². The molecule has 0 amide bonds. The summed E-state index contributed by atoms with van der Waals surface area (Å²) in [7, 11) is 0. The van der Waals surface area contributed by atoms with Gasteiger partial charge in [-0.05, 0) is 36.6 Å². The van der Waals surface area contributed by atoms with E-state index in [0.717, 1.165) is 53.0 Å². The maximum absolute atomic E-state index is 10.7. The minimum atomic E-state index is 0.0899. The van der Waals surface area contributed by atoms with Gasteiger partial charge in [-0.15, -0.1) is 0 Å². The van der Waals surface area contributed by atoms with Crippen molar-refractivity contribution in [3.05, 3.63) is 24.4 Å². The molecule has 1 aromatic carbocycles. The minimum absolute atomic E-state index is 0.0899. The Labute approximate surface area is 143 Å². The third kappa shape index (κ3) is 2.75. The van der Waals surface area contributed by atoms with Crippen LogP contribution in [0.25, 0.3) is 10.4 Å². The highest BCUT2D eigenvalue weighted by atomic mass is 32.1. The number of fused-ring (bicyclic) bond motifs is 1. The van der Waals surface area contributed by atoms with Gasteiger partial charge in [0.05, 0.1) is 10.6 Å². The fourth-order valence-electron chi connectivity index (χ4n) is 3.07. The number of aromatic nitrogens is 1. The molecular formula is C17H17N3O3S. The normalized spacial score (nSPS) is 17.1. The molecule has 1 saturated heterocycles. The molecule has 1 fully saturated rings. The molecular weight excluding hydrogens is 326 g/mol. The Morgan fingerprint density at radius 1 is 1.29 bits per heavy atom. The fourth-order valence-corrected chi connectivity index (χ4v) is 4.04. The van der Waals surface area contributed by atoms with Crippen LogP contribution in [0.5, 0.6) is 11.5 Å². The van der Waals surface area contributed by atoms with E-state index in [1.807, 2.05) is 24.4 Å². The number of anilines is 1. The first-order valence-electron chi connectivity index (χ1n) is 7.89. The van der Waals surface area contributed by atoms with Gasteiger partial charge in [-0.3, -0.25) is 4.79 Å². The highest BCUT2D eigenvalue weighted by Gasteiger charge is 2.24. The molecule has 4 rings (SSSR count). The standard InChI is InChI=1S/C17H17N3O3S/c18-13(9-21)11-3-5-20(6-4-11)17-19-8-16(24-17)12-1-2-14-15(7-12)23-10-22-14/h1-2,7-9,11,18H,3-6,10H2. The first kappa shape index (κ1) is 15.1. The second-order valence-electron chi connectivity index (χ2n) is 5.91. The maximum atomic E-state index is 10.7. The van der Waals surface area contributed by atoms with Crippen molar-refractivity contribution >= 4 is 28.5 Å². The van der Waals surface area contributed by atoms with Crippen LogP contribution in [0.1, 0.15) is 12.8 Å². The molecule has 1 aromatic heterocycles. The Bertz CT molecular complexity index is 781. The van der Waals surface area contributed by atoms with E-state index in [-0.39, 0.29) is 18.4 Å². The van der Waals surface area contributed by atoms with Crippen molar-refractivity contribution in [2.45, 2.75) is 12.8 Å². The number of rotatable bonds is 4. The number of nitrogens with zero attached hydrogens (tertiary/aromatic N) is 2. The van der Waals surface area contributed by atoms with E-state index < -0.39 is 0 Å². The van der Waals surface area contributed by atoms with Crippen LogP contribution in [0.3, 0.4) is 0 Å². The average molecular weight is 343 g/mol. The topological polar surface area (TPSA) is 75.5 Å². The van der Waals surface area contributed by atoms with Gasteiger partial charge in [-0.2, -0.15) is 0 Å². The van der Waals surface area contributed by atoms with Crippen molar-refractivity contribution < 1.29 is 14.3 Å². The zero-order chi connectivity index (χ0) is 16.5. The lowest BCUT2D eigenvalue weighted by atomic mass is 9.93. The molecule has 0 atom stereocenters. The molecule has 3 heterocycles. The number of carbonyl (C=O) groups excluding carboxylic acids is 1. The van der Waals surface area contributed by atoms with Crippen LogP contribution in [0.2, 0.25) is 0 Å². The zero-order valence-corrected chi connectivity index (χ0v) is 13.8. The third-order valence-electron chi connectivity index (χ3n) is 4.48. The Hall–Kier alpha value is -2.41. The first-order valence-corrected chi connectivity index (χ1v) is 8.70. The lowest BCUT2D eigenvalue weighted by molar-refractivity contribution is -0.103. The summed E-state index contributed by atoms with van der Waals surface area (Å²) in [6.45, 7) is 1.93. The molecule has 2 aromatic rings. The van der Waals surface area contributed by atoms with Crippen molar-refractivity contribution in [2.75, 3.05) is 24.8 Å². The molecule has 1 N–H and O–H groups in total. The molecule has 0 spiro atoms. The van der Waals surface area contributed by atoms with Crippen LogP contribution < -0.4 is 14.4 Å². The third-order valence-corrected chi connectivity index (χ3v) is 5.59. The van der Waals surface area contributed by atoms with Gasteiger partial charge in [-0.25, -0.2) is 4.98 Å². The fraction of sp³-hybridized carbons (Fsp3) is 0.353. The van der Waals surface area contributed by atoms with E-state index in [4.69, 9.17) is 14.9 Å². The van der Waals surface area contributed by atoms with Crippen molar-refractivity contribution in [1.82, 2.24) is 4.98 Å². The summed E-state index contributed by atoms with van der Waals surface area (Å²) in [6, 6.07) is 5.92. The van der Waals surface area contributed by atoms with E-state index in [9.17, 15) is 4.79 Å². The van der Waals surface area contributed by atoms with Crippen molar-refractivity contribution in [1.29, 1.82) is 5.41 Å². The minimum Gasteiger partial charge on any atom is -0.454 e. The number of hydrogen-bond acceptors (Lipinski definition) is 7. The summed E-state index contributed by atoms with van der Waals surface area (Å²) in [6.07, 6.45) is 4.21. The number of nitrogens with one attached hydrogen (secondary N) is 1. The number of ether oxygens (including phenoxy) is 2. The van der Waals surface area contributed by atoms with E-state index >= 15 is 0 Å². The second-order valence-corrected chi connectivity index (χ2v) is 6.92. The van der Waals surface area contributed by atoms with Gasteiger partial charge in [0.25, 0.3) is 0 Å². The largest absolute Gasteiger partial charge is 0.454 e. The molecule has 0 bridgehead atoms. The molecule has 0 unspecified atom stereocenters. The SMILES string of the molecule is N=C(C=O)C1CCN(c2ncc(-c3ccc4c(c3)OCO4)s2)CC1. The monoisotopic (exact) mass is 343 g/mol. The summed E-state index contributed by atoms with van der Waals surface area (Å²) >= 11 is 1.65. The lowest BCUT2D eigenvalue weighted by Gasteiger charge is -2.30. The summed E-state index contributed by atoms with van der Waals surface area (Å²) in [5, 5.41) is 8.64. The molecule has 0 aliphatic carbocycles. The average Bonchev–Trinajstić information content (AvgIpc) is 3.29. The Balaban J connectivity index is 1.48. The number of piperidine rings is 1. The first-order chi connectivity index (χ1) is 11.7. The summed E-state index contributed by atoms with van der Waals surface area (Å²) < 4.78 is 10.8. The van der Waals surface area contributed by atoms with Gasteiger partial charge in [0.15, 0.2) is 22.9 Å². The molecule has 0 saturated carbocycles. The highest BCUT2D eigenvalue weighted by Crippen LogP contribution is 2.39. The van der Waals surface area contributed by atoms with Crippen LogP contribution in [-0.4, -0.2) is 36.9 Å². The zero-order valence-electron chi connectivity index (χ0n) is 13.0. The van der Waals surface area contributed by atoms with E-state index in [1.54, 1.807) is 11.3 Å². The molecule has 24 heavy (non-hydrogen) atoms. The van der Waals surface area contributed by atoms with E-state index in [2.05, 4.69) is 9.88 Å². The van der Waals surface area contributed by atoms with Gasteiger partial charge in [-0.1, -0.05) is 11.3 Å². The number of carbonyl (C=O) groups is 1. The van der Waals surface area contributed by atoms with Gasteiger partial charge in [0.2, 0.25) is 6.79 Å². The van der Waals surface area contributed by atoms with Gasteiger partial charge in [0, 0.05) is 25.2 Å². The van der Waals surface area contributed by atoms with E-state index in [1.165, 1.54) is 0 Å². The molecule has 7 heteroatoms. The van der Waals surface area contributed by atoms with Crippen LogP contribution in [0.4, 0.5) is 5.13 Å². The van der Waals surface area contributed by atoms with Crippen LogP contribution in [0, 0.1) is 11.3 Å². The maximum Gasteiger partial charge on any atom is 0.231 e. The number of hydrogen-bond donors (Lipinski definition) is 1. The molecule has 0 radical (unpaired) electrons. The highest BCUT2D eigenvalue weighted by molar-refractivity contribution is 7.18. The predicted molar refractivity (Wildman–Crippen MR) is 92.4 cm³/mol. The summed E-state index contributed by atoms with van der Waals surface area (Å²) in [4.78, 5) is 18.6. The smallest absolute Gasteiger partial charge is 0.231 e. The Kier molecular flexibility index (Phi) is 3.93. The molecule has 124 valence electrons. The Morgan fingerprint density at radius 3 is 2.88 bits per heavy atom. The van der Waals surface area contributed by atoms with Gasteiger partial charge < -0.3 is 19.8 Å². The van der Waals surface area contributed by atoms with Crippen LogP contribution in [-0.2, 0) is 4.79 Å². The predicted octanol–water partition coefficient (Wildman–Crippen LogP) is 2.97. The number of benzene rings is 1. The summed E-state index contributed by atoms with van der Waals surface area (Å²) in [5.41, 5.74) is 1.29. The number of thiazole rings is 1. The van der Waals surface area contributed by atoms with Crippen molar-refractivity contribution in [2.24, 2.45) is 5.92 Å². The number of aldehydes is 1. The Morgan fingerprint density at radius 2 is 2.08 bits per heavy atom. The van der Waals surface area contributed by atoms with Crippen LogP contribution >= 0.6 is 11.3 Å². The van der Waals surface area contributed by atoms with Crippen LogP contribution in [0.15, 0.2) is 24.4 Å². The molecule has 6 nitrogen and oxygen atoms in total. The molecule has 2 aliphatic heterocycles. The van der Waals surface area contributed by atoms with Gasteiger partial charge >= 0.3 is 0 Å². The molecule has 2 aliphatic rings. The van der Waals surface area contributed by atoms with Gasteiger partial charge in [0.1, 0.15) is 0 Å². The van der Waals surface area contributed by atoms with Crippen molar-refractivity contribution in [3.63, 3.8) is 0 Å². The summed E-state index contributed by atoms with van der Waals surface area (Å²) in [5.74, 6) is 1.64. The lowest BCUT2D eigenvalue weighted by Crippen LogP contribution is -2.36.